The number of carbonyl (C=O) groups is 2. The molecule has 19 heavy (non-hydrogen) atoms. The Bertz CT molecular complexity index is 457. The van der Waals surface area contributed by atoms with Crippen LogP contribution in [-0.2, 0) is 4.79 Å². The number of likely N-dealkylation sites (N-methyl/N-ethyl adjacent to an activating group) is 1. The van der Waals surface area contributed by atoms with Gasteiger partial charge in [-0.3, -0.25) is 9.59 Å². The van der Waals surface area contributed by atoms with E-state index in [0.717, 1.165) is 0 Å². The van der Waals surface area contributed by atoms with Gasteiger partial charge in [0.1, 0.15) is 6.29 Å². The van der Waals surface area contributed by atoms with Gasteiger partial charge in [-0.25, -0.2) is 0 Å². The Morgan fingerprint density at radius 3 is 2.58 bits per heavy atom. The lowest BCUT2D eigenvalue weighted by atomic mass is 10.2. The number of methoxy groups -OCH3 is 1. The molecule has 0 bridgehead atoms. The van der Waals surface area contributed by atoms with Crippen LogP contribution in [0.5, 0.6) is 11.5 Å². The van der Waals surface area contributed by atoms with Crippen molar-refractivity contribution >= 4 is 12.2 Å². The van der Waals surface area contributed by atoms with Gasteiger partial charge in [-0.05, 0) is 32.0 Å². The molecule has 0 atom stereocenters. The van der Waals surface area contributed by atoms with Gasteiger partial charge in [0.25, 0.3) is 5.91 Å². The summed E-state index contributed by atoms with van der Waals surface area (Å²) in [4.78, 5) is 24.1. The van der Waals surface area contributed by atoms with Gasteiger partial charge >= 0.3 is 0 Å². The van der Waals surface area contributed by atoms with E-state index < -0.39 is 0 Å². The van der Waals surface area contributed by atoms with Gasteiger partial charge in [-0.15, -0.1) is 0 Å². The van der Waals surface area contributed by atoms with Crippen molar-refractivity contribution in [2.45, 2.75) is 19.9 Å². The third-order valence-corrected chi connectivity index (χ3v) is 2.84. The van der Waals surface area contributed by atoms with Crippen molar-refractivity contribution in [2.75, 3.05) is 20.8 Å². The van der Waals surface area contributed by atoms with Crippen molar-refractivity contribution in [1.82, 2.24) is 4.90 Å². The van der Waals surface area contributed by atoms with E-state index in [4.69, 9.17) is 9.47 Å². The fourth-order valence-electron chi connectivity index (χ4n) is 1.41. The van der Waals surface area contributed by atoms with E-state index in [9.17, 15) is 9.59 Å². The minimum absolute atomic E-state index is 0.0899. The molecule has 5 nitrogen and oxygen atoms in total. The zero-order chi connectivity index (χ0) is 14.4. The maximum Gasteiger partial charge on any atom is 0.260 e. The molecule has 0 fully saturated rings. The molecule has 0 aliphatic rings. The zero-order valence-corrected chi connectivity index (χ0v) is 11.7. The van der Waals surface area contributed by atoms with Gasteiger partial charge in [0, 0.05) is 18.7 Å². The molecule has 0 heterocycles. The molecule has 104 valence electrons. The van der Waals surface area contributed by atoms with Crippen molar-refractivity contribution in [3.8, 4) is 11.5 Å². The second-order valence-electron chi connectivity index (χ2n) is 4.42. The number of ether oxygens (including phenoxy) is 2. The smallest absolute Gasteiger partial charge is 0.260 e. The van der Waals surface area contributed by atoms with Crippen LogP contribution in [-0.4, -0.2) is 43.9 Å². The van der Waals surface area contributed by atoms with Crippen molar-refractivity contribution < 1.29 is 19.1 Å². The van der Waals surface area contributed by atoms with E-state index in [2.05, 4.69) is 0 Å². The third-order valence-electron chi connectivity index (χ3n) is 2.84. The molecule has 0 radical (unpaired) electrons. The van der Waals surface area contributed by atoms with Crippen LogP contribution in [0.2, 0.25) is 0 Å². The highest BCUT2D eigenvalue weighted by Crippen LogP contribution is 2.27. The number of nitrogens with zero attached hydrogens (tertiary/aromatic N) is 1. The molecule has 1 rings (SSSR count). The largest absolute Gasteiger partial charge is 0.493 e. The average Bonchev–Trinajstić information content (AvgIpc) is 2.43. The second-order valence-corrected chi connectivity index (χ2v) is 4.42. The lowest BCUT2D eigenvalue weighted by molar-refractivity contribution is -0.133. The summed E-state index contributed by atoms with van der Waals surface area (Å²) in [6.45, 7) is 3.75. The molecule has 0 aromatic heterocycles. The van der Waals surface area contributed by atoms with E-state index >= 15 is 0 Å². The van der Waals surface area contributed by atoms with Crippen molar-refractivity contribution in [3.05, 3.63) is 23.8 Å². The summed E-state index contributed by atoms with van der Waals surface area (Å²) in [5.74, 6) is 0.747. The Morgan fingerprint density at radius 1 is 1.37 bits per heavy atom. The molecule has 1 aromatic carbocycles. The first-order valence-electron chi connectivity index (χ1n) is 6.01. The van der Waals surface area contributed by atoms with Crippen LogP contribution in [0.4, 0.5) is 0 Å². The highest BCUT2D eigenvalue weighted by molar-refractivity contribution is 5.78. The molecule has 1 amide bonds. The summed E-state index contributed by atoms with van der Waals surface area (Å²) in [6.07, 6.45) is 0.717. The van der Waals surface area contributed by atoms with Gasteiger partial charge < -0.3 is 14.4 Å². The lowest BCUT2D eigenvalue weighted by Gasteiger charge is -2.21. The van der Waals surface area contributed by atoms with Gasteiger partial charge in [-0.1, -0.05) is 0 Å². The van der Waals surface area contributed by atoms with E-state index in [1.807, 2.05) is 13.8 Å². The summed E-state index contributed by atoms with van der Waals surface area (Å²) in [7, 11) is 3.22. The Hall–Kier alpha value is -2.04. The van der Waals surface area contributed by atoms with Crippen LogP contribution >= 0.6 is 0 Å². The van der Waals surface area contributed by atoms with Crippen LogP contribution in [0, 0.1) is 0 Å². The van der Waals surface area contributed by atoms with Crippen molar-refractivity contribution in [1.29, 1.82) is 0 Å². The zero-order valence-electron chi connectivity index (χ0n) is 11.7. The molecule has 0 spiro atoms. The first-order chi connectivity index (χ1) is 8.99. The van der Waals surface area contributed by atoms with Gasteiger partial charge in [0.15, 0.2) is 18.1 Å². The first kappa shape index (κ1) is 15.0. The standard InChI is InChI=1S/C14H19NO4/c1-10(2)15(3)14(17)9-19-13-7-11(8-16)5-6-12(13)18-4/h5-8,10H,9H2,1-4H3. The molecule has 0 unspecified atom stereocenters. The van der Waals surface area contributed by atoms with Crippen LogP contribution in [0.15, 0.2) is 18.2 Å². The molecule has 5 heteroatoms. The van der Waals surface area contributed by atoms with E-state index in [1.165, 1.54) is 7.11 Å². The van der Waals surface area contributed by atoms with Crippen molar-refractivity contribution in [2.24, 2.45) is 0 Å². The third kappa shape index (κ3) is 3.98. The predicted octanol–water partition coefficient (Wildman–Crippen LogP) is 1.75. The van der Waals surface area contributed by atoms with Crippen LogP contribution in [0.1, 0.15) is 24.2 Å². The fourth-order valence-corrected chi connectivity index (χ4v) is 1.41. The maximum atomic E-state index is 11.8. The van der Waals surface area contributed by atoms with E-state index in [1.54, 1.807) is 30.1 Å². The molecule has 0 N–H and O–H groups in total. The molecular formula is C14H19NO4. The summed E-state index contributed by atoms with van der Waals surface area (Å²) in [5.41, 5.74) is 0.473. The molecule has 0 saturated heterocycles. The number of amides is 1. The highest BCUT2D eigenvalue weighted by atomic mass is 16.5. The Kier molecular flexibility index (Phi) is 5.36. The topological polar surface area (TPSA) is 55.8 Å². The Balaban J connectivity index is 2.76. The van der Waals surface area contributed by atoms with E-state index in [-0.39, 0.29) is 18.6 Å². The number of benzene rings is 1. The maximum absolute atomic E-state index is 11.8. The van der Waals surface area contributed by atoms with Gasteiger partial charge in [0.2, 0.25) is 0 Å². The first-order valence-corrected chi connectivity index (χ1v) is 6.01. The number of carbonyl (C=O) groups excluding carboxylic acids is 2. The molecular weight excluding hydrogens is 246 g/mol. The summed E-state index contributed by atoms with van der Waals surface area (Å²) in [5, 5.41) is 0. The van der Waals surface area contributed by atoms with Crippen LogP contribution in [0.3, 0.4) is 0 Å². The van der Waals surface area contributed by atoms with E-state index in [0.29, 0.717) is 23.3 Å². The summed E-state index contributed by atoms with van der Waals surface area (Å²) >= 11 is 0. The second kappa shape index (κ2) is 6.78. The quantitative estimate of drug-likeness (QED) is 0.735. The normalized spacial score (nSPS) is 10.2. The number of hydrogen-bond acceptors (Lipinski definition) is 4. The fraction of sp³-hybridized carbons (Fsp3) is 0.429. The minimum atomic E-state index is -0.131. The molecule has 0 saturated carbocycles. The summed E-state index contributed by atoms with van der Waals surface area (Å²) < 4.78 is 10.5. The Morgan fingerprint density at radius 2 is 2.05 bits per heavy atom. The number of rotatable bonds is 6. The minimum Gasteiger partial charge on any atom is -0.493 e. The van der Waals surface area contributed by atoms with Crippen LogP contribution in [0.25, 0.3) is 0 Å². The molecule has 1 aromatic rings. The monoisotopic (exact) mass is 265 g/mol. The number of hydrogen-bond donors (Lipinski definition) is 0. The number of aldehydes is 1. The lowest BCUT2D eigenvalue weighted by Crippen LogP contribution is -2.36. The Labute approximate surface area is 113 Å². The molecule has 0 aliphatic heterocycles. The predicted molar refractivity (Wildman–Crippen MR) is 71.8 cm³/mol. The summed E-state index contributed by atoms with van der Waals surface area (Å²) in [6, 6.07) is 4.92. The molecule has 0 aliphatic carbocycles. The average molecular weight is 265 g/mol. The SMILES string of the molecule is COc1ccc(C=O)cc1OCC(=O)N(C)C(C)C. The van der Waals surface area contributed by atoms with Crippen LogP contribution < -0.4 is 9.47 Å². The van der Waals surface area contributed by atoms with Gasteiger partial charge in [-0.2, -0.15) is 0 Å². The van der Waals surface area contributed by atoms with Gasteiger partial charge in [0.05, 0.1) is 7.11 Å². The highest BCUT2D eigenvalue weighted by Gasteiger charge is 2.14. The van der Waals surface area contributed by atoms with Crippen molar-refractivity contribution in [3.63, 3.8) is 0 Å².